The van der Waals surface area contributed by atoms with Gasteiger partial charge in [0.2, 0.25) is 5.91 Å². The van der Waals surface area contributed by atoms with Crippen molar-refractivity contribution >= 4 is 19.7 Å². The minimum absolute atomic E-state index is 0.0242. The third-order valence-corrected chi connectivity index (χ3v) is 15.9. The summed E-state index contributed by atoms with van der Waals surface area (Å²) in [4.78, 5) is 40.1. The van der Waals surface area contributed by atoms with E-state index in [2.05, 4.69) is 86.8 Å². The number of unbranched alkanes of at least 4 members (excludes halogenated alkanes) is 35. The monoisotopic (exact) mass is 1140 g/mol. The van der Waals surface area contributed by atoms with E-state index in [0.29, 0.717) is 17.4 Å². The second-order valence-electron chi connectivity index (χ2n) is 24.0. The molecule has 3 atom stereocenters. The number of phosphoric ester groups is 1. The topological polar surface area (TPSA) is 114 Å². The number of carbonyl (C=O) groups excluding carboxylic acids is 2. The molecule has 0 bridgehead atoms. The maximum atomic E-state index is 13.6. The third-order valence-electron chi connectivity index (χ3n) is 14.9. The maximum Gasteiger partial charge on any atom is 0.306 e. The molecule has 1 amide bonds. The third kappa shape index (κ3) is 60.1. The predicted molar refractivity (Wildman–Crippen MR) is 344 cm³/mol. The van der Waals surface area contributed by atoms with E-state index in [1.54, 1.807) is 0 Å². The zero-order valence-corrected chi connectivity index (χ0v) is 54.2. The Balaban J connectivity index is 5.12. The Morgan fingerprint density at radius 1 is 0.450 bits per heavy atom. The summed E-state index contributed by atoms with van der Waals surface area (Å²) in [7, 11) is 1.18. The highest BCUT2D eigenvalue weighted by Gasteiger charge is 2.27. The fraction of sp³-hybridized carbons (Fsp3) is 0.800. The number of hydrogen-bond acceptors (Lipinski definition) is 7. The summed E-state index contributed by atoms with van der Waals surface area (Å²) >= 11 is 0. The summed E-state index contributed by atoms with van der Waals surface area (Å²) < 4.78 is 30.4. The molecule has 10 heteroatoms. The van der Waals surface area contributed by atoms with Crippen LogP contribution >= 0.6 is 7.82 Å². The lowest BCUT2D eigenvalue weighted by Crippen LogP contribution is -2.47. The van der Waals surface area contributed by atoms with E-state index in [4.69, 9.17) is 13.8 Å². The summed E-state index contributed by atoms with van der Waals surface area (Å²) in [6.45, 7) is 6.76. The Bertz CT molecular complexity index is 1600. The molecular formula is C70H129N2O7P. The number of phosphoric acid groups is 1. The standard InChI is InChI=1S/C70H129N2O7P/c1-7-10-13-16-19-22-25-28-30-32-33-34-35-36-37-38-39-41-42-44-47-50-53-56-59-62-69(73)71-67(66-78-80(75,76)77-65-64-72(4,5)6)68(61-58-55-52-49-46-27-24-21-18-15-12-9-3)79-70(74)63-60-57-54-51-48-45-43-40-31-29-26-23-20-17-14-11-8-2/h10,13,19,22,28,30,33-34,36-37,58,61,67-68H,7-9,11-12,14-18,20-21,23-27,29,31-32,35,38-57,59-60,62-66H2,1-6H3,(H-,71,73,75,76)/b13-10-,22-19-,30-28-,34-33-,37-36-,61-58-. The molecule has 0 saturated carbocycles. The summed E-state index contributed by atoms with van der Waals surface area (Å²) in [6.07, 6.45) is 77.3. The van der Waals surface area contributed by atoms with Crippen molar-refractivity contribution in [2.75, 3.05) is 40.9 Å². The van der Waals surface area contributed by atoms with Crippen LogP contribution in [0.1, 0.15) is 310 Å². The van der Waals surface area contributed by atoms with Crippen molar-refractivity contribution in [1.82, 2.24) is 5.32 Å². The first-order chi connectivity index (χ1) is 38.9. The predicted octanol–water partition coefficient (Wildman–Crippen LogP) is 20.5. The molecule has 0 aliphatic heterocycles. The zero-order chi connectivity index (χ0) is 58.6. The Kier molecular flexibility index (Phi) is 57.7. The summed E-state index contributed by atoms with van der Waals surface area (Å²) in [6, 6.07) is -0.892. The number of nitrogens with one attached hydrogen (secondary N) is 1. The van der Waals surface area contributed by atoms with Gasteiger partial charge in [-0.2, -0.15) is 0 Å². The second kappa shape index (κ2) is 59.6. The summed E-state index contributed by atoms with van der Waals surface area (Å²) in [5.41, 5.74) is 0. The summed E-state index contributed by atoms with van der Waals surface area (Å²) in [5.74, 6) is -0.538. The van der Waals surface area contributed by atoms with Gasteiger partial charge < -0.3 is 28.5 Å². The molecule has 0 saturated heterocycles. The Morgan fingerprint density at radius 2 is 0.800 bits per heavy atom. The number of amides is 1. The Morgan fingerprint density at radius 3 is 1.20 bits per heavy atom. The molecule has 0 aromatic heterocycles. The van der Waals surface area contributed by atoms with Gasteiger partial charge in [-0.05, 0) is 76.7 Å². The first-order valence-electron chi connectivity index (χ1n) is 33.7. The average Bonchev–Trinajstić information content (AvgIpc) is 3.42. The van der Waals surface area contributed by atoms with Crippen molar-refractivity contribution < 1.29 is 37.3 Å². The number of nitrogens with zero attached hydrogens (tertiary/aromatic N) is 1. The van der Waals surface area contributed by atoms with Crippen molar-refractivity contribution in [3.8, 4) is 0 Å². The molecule has 3 unspecified atom stereocenters. The van der Waals surface area contributed by atoms with E-state index in [1.165, 1.54) is 173 Å². The number of hydrogen-bond donors (Lipinski definition) is 1. The molecule has 0 aromatic carbocycles. The molecule has 9 nitrogen and oxygen atoms in total. The normalized spacial score (nSPS) is 14.0. The van der Waals surface area contributed by atoms with Crippen molar-refractivity contribution in [2.45, 2.75) is 322 Å². The zero-order valence-electron chi connectivity index (χ0n) is 53.3. The van der Waals surface area contributed by atoms with Crippen LogP contribution in [0.15, 0.2) is 72.9 Å². The van der Waals surface area contributed by atoms with Gasteiger partial charge in [-0.15, -0.1) is 0 Å². The van der Waals surface area contributed by atoms with Crippen LogP contribution in [0.2, 0.25) is 0 Å². The first-order valence-corrected chi connectivity index (χ1v) is 35.2. The quantitative estimate of drug-likeness (QED) is 0.0212. The van der Waals surface area contributed by atoms with Crippen LogP contribution in [0.25, 0.3) is 0 Å². The van der Waals surface area contributed by atoms with Gasteiger partial charge in [-0.25, -0.2) is 0 Å². The number of rotatable bonds is 61. The molecule has 0 radical (unpaired) electrons. The molecule has 80 heavy (non-hydrogen) atoms. The lowest BCUT2D eigenvalue weighted by molar-refractivity contribution is -0.870. The van der Waals surface area contributed by atoms with Gasteiger partial charge in [0.25, 0.3) is 7.82 Å². The van der Waals surface area contributed by atoms with E-state index in [9.17, 15) is 19.0 Å². The number of ether oxygens (including phenoxy) is 1. The SMILES string of the molecule is CC/C=C\C/C=C\C/C=C\C/C=C\C/C=C\CCCCCCCCCCCC(=O)NC(COP(=O)([O-])OCC[N+](C)(C)C)C(/C=C\CCCCCCCCCCCC)OC(=O)CCCCCCCCCCCCCCCCCCC. The lowest BCUT2D eigenvalue weighted by Gasteiger charge is -2.30. The molecule has 0 aliphatic carbocycles. The largest absolute Gasteiger partial charge is 0.756 e. The van der Waals surface area contributed by atoms with Gasteiger partial charge in [-0.3, -0.25) is 14.2 Å². The van der Waals surface area contributed by atoms with Crippen LogP contribution in [0, 0.1) is 0 Å². The molecule has 0 rings (SSSR count). The van der Waals surface area contributed by atoms with Crippen molar-refractivity contribution in [2.24, 2.45) is 0 Å². The van der Waals surface area contributed by atoms with Crippen LogP contribution in [0.5, 0.6) is 0 Å². The molecule has 0 aromatic rings. The number of carbonyl (C=O) groups is 2. The maximum absolute atomic E-state index is 13.6. The highest BCUT2D eigenvalue weighted by molar-refractivity contribution is 7.45. The van der Waals surface area contributed by atoms with E-state index in [-0.39, 0.29) is 24.9 Å². The first kappa shape index (κ1) is 77.5. The fourth-order valence-corrected chi connectivity index (χ4v) is 10.5. The van der Waals surface area contributed by atoms with Crippen LogP contribution in [0.3, 0.4) is 0 Å². The smallest absolute Gasteiger partial charge is 0.306 e. The highest BCUT2D eigenvalue weighted by atomic mass is 31.2. The van der Waals surface area contributed by atoms with Crippen LogP contribution < -0.4 is 10.2 Å². The minimum atomic E-state index is -4.70. The number of likely N-dealkylation sites (N-methyl/N-ethyl adjacent to an activating group) is 1. The molecule has 0 spiro atoms. The molecule has 1 N–H and O–H groups in total. The van der Waals surface area contributed by atoms with Crippen molar-refractivity contribution in [3.63, 3.8) is 0 Å². The molecule has 0 heterocycles. The average molecular weight is 1140 g/mol. The van der Waals surface area contributed by atoms with Gasteiger partial charge in [0.1, 0.15) is 19.3 Å². The molecule has 0 aliphatic rings. The van der Waals surface area contributed by atoms with Gasteiger partial charge in [0, 0.05) is 12.8 Å². The van der Waals surface area contributed by atoms with E-state index < -0.39 is 26.6 Å². The highest BCUT2D eigenvalue weighted by Crippen LogP contribution is 2.38. The molecular weight excluding hydrogens is 1010 g/mol. The Hall–Kier alpha value is -2.55. The van der Waals surface area contributed by atoms with E-state index in [1.807, 2.05) is 33.3 Å². The van der Waals surface area contributed by atoms with Gasteiger partial charge in [0.05, 0.1) is 33.8 Å². The lowest BCUT2D eigenvalue weighted by atomic mass is 10.0. The minimum Gasteiger partial charge on any atom is -0.756 e. The van der Waals surface area contributed by atoms with Crippen molar-refractivity contribution in [3.05, 3.63) is 72.9 Å². The van der Waals surface area contributed by atoms with Gasteiger partial charge >= 0.3 is 5.97 Å². The second-order valence-corrected chi connectivity index (χ2v) is 25.4. The molecule has 0 fully saturated rings. The summed E-state index contributed by atoms with van der Waals surface area (Å²) in [5, 5.41) is 3.04. The van der Waals surface area contributed by atoms with E-state index >= 15 is 0 Å². The van der Waals surface area contributed by atoms with Crippen LogP contribution in [-0.2, 0) is 27.9 Å². The van der Waals surface area contributed by atoms with E-state index in [0.717, 1.165) is 103 Å². The number of quaternary nitrogens is 1. The van der Waals surface area contributed by atoms with Gasteiger partial charge in [0.15, 0.2) is 0 Å². The number of allylic oxidation sites excluding steroid dienone is 11. The fourth-order valence-electron chi connectivity index (χ4n) is 9.73. The molecule has 466 valence electrons. The van der Waals surface area contributed by atoms with Crippen molar-refractivity contribution in [1.29, 1.82) is 0 Å². The number of esters is 1. The van der Waals surface area contributed by atoms with Crippen LogP contribution in [0.4, 0.5) is 0 Å². The Labute approximate surface area is 495 Å². The van der Waals surface area contributed by atoms with Gasteiger partial charge in [-0.1, -0.05) is 293 Å². The van der Waals surface area contributed by atoms with Crippen LogP contribution in [-0.4, -0.2) is 69.4 Å².